The summed E-state index contributed by atoms with van der Waals surface area (Å²) in [4.78, 5) is 0.265. The zero-order chi connectivity index (χ0) is 16.4. The van der Waals surface area contributed by atoms with Crippen LogP contribution in [0.3, 0.4) is 0 Å². The molecule has 1 aliphatic carbocycles. The summed E-state index contributed by atoms with van der Waals surface area (Å²) in [6.07, 6.45) is 2.20. The molecule has 6 heteroatoms. The van der Waals surface area contributed by atoms with Crippen LogP contribution in [0.2, 0.25) is 0 Å². The van der Waals surface area contributed by atoms with Gasteiger partial charge >= 0.3 is 0 Å². The lowest BCUT2D eigenvalue weighted by Gasteiger charge is -2.12. The summed E-state index contributed by atoms with van der Waals surface area (Å²) in [5, 5.41) is 0. The maximum atomic E-state index is 12.3. The quantitative estimate of drug-likeness (QED) is 0.790. The number of nitrogens with two attached hydrogens (primary N) is 1. The van der Waals surface area contributed by atoms with Crippen LogP contribution in [0.4, 0.5) is 0 Å². The fraction of sp³-hybridized carbons (Fsp3) is 0.294. The van der Waals surface area contributed by atoms with Crippen LogP contribution in [0, 0.1) is 5.92 Å². The first kappa shape index (κ1) is 16.6. The molecule has 0 aromatic heterocycles. The van der Waals surface area contributed by atoms with E-state index in [0.717, 1.165) is 28.4 Å². The first-order chi connectivity index (χ1) is 11.0. The maximum Gasteiger partial charge on any atom is 0.240 e. The minimum atomic E-state index is -3.50. The Morgan fingerprint density at radius 3 is 2.09 bits per heavy atom. The normalized spacial score (nSPS) is 16.3. The van der Waals surface area contributed by atoms with Crippen molar-refractivity contribution in [3.05, 3.63) is 53.0 Å². The van der Waals surface area contributed by atoms with Gasteiger partial charge in [0, 0.05) is 17.1 Å². The molecule has 1 aliphatic rings. The predicted molar refractivity (Wildman–Crippen MR) is 95.5 cm³/mol. The lowest BCUT2D eigenvalue weighted by Crippen LogP contribution is -2.38. The largest absolute Gasteiger partial charge is 0.326 e. The Bertz CT molecular complexity index is 769. The van der Waals surface area contributed by atoms with E-state index in [1.807, 2.05) is 36.4 Å². The van der Waals surface area contributed by atoms with Crippen LogP contribution in [0.25, 0.3) is 11.1 Å². The number of halogens is 1. The third-order valence-electron chi connectivity index (χ3n) is 4.08. The molecule has 2 aromatic carbocycles. The van der Waals surface area contributed by atoms with Crippen LogP contribution < -0.4 is 10.5 Å². The van der Waals surface area contributed by atoms with E-state index in [0.29, 0.717) is 12.5 Å². The van der Waals surface area contributed by atoms with Gasteiger partial charge in [0.25, 0.3) is 0 Å². The molecule has 23 heavy (non-hydrogen) atoms. The first-order valence-corrected chi connectivity index (χ1v) is 9.84. The zero-order valence-corrected chi connectivity index (χ0v) is 15.0. The number of benzene rings is 2. The van der Waals surface area contributed by atoms with Crippen molar-refractivity contribution in [2.45, 2.75) is 23.8 Å². The van der Waals surface area contributed by atoms with E-state index >= 15 is 0 Å². The van der Waals surface area contributed by atoms with Crippen LogP contribution >= 0.6 is 15.9 Å². The average Bonchev–Trinajstić information content (AvgIpc) is 3.38. The molecule has 0 bridgehead atoms. The van der Waals surface area contributed by atoms with Gasteiger partial charge in [0.05, 0.1) is 4.90 Å². The Balaban J connectivity index is 1.71. The molecule has 1 atom stereocenters. The van der Waals surface area contributed by atoms with Crippen molar-refractivity contribution in [3.63, 3.8) is 0 Å². The molecule has 3 rings (SSSR count). The SMILES string of the molecule is NC(CNS(=O)(=O)c1ccc(-c2ccc(Br)cc2)cc1)C1CC1. The van der Waals surface area contributed by atoms with Gasteiger partial charge < -0.3 is 5.73 Å². The summed E-state index contributed by atoms with van der Waals surface area (Å²) in [7, 11) is -3.50. The molecule has 0 aliphatic heterocycles. The Morgan fingerprint density at radius 2 is 1.57 bits per heavy atom. The number of nitrogens with one attached hydrogen (secondary N) is 1. The van der Waals surface area contributed by atoms with Crippen molar-refractivity contribution in [3.8, 4) is 11.1 Å². The third kappa shape index (κ3) is 4.20. The molecule has 3 N–H and O–H groups in total. The smallest absolute Gasteiger partial charge is 0.240 e. The van der Waals surface area contributed by atoms with Gasteiger partial charge in [-0.2, -0.15) is 0 Å². The van der Waals surface area contributed by atoms with Crippen LogP contribution in [0.1, 0.15) is 12.8 Å². The van der Waals surface area contributed by atoms with E-state index < -0.39 is 10.0 Å². The average molecular weight is 395 g/mol. The molecule has 1 unspecified atom stereocenters. The van der Waals surface area contributed by atoms with Crippen molar-refractivity contribution in [1.29, 1.82) is 0 Å². The van der Waals surface area contributed by atoms with E-state index in [-0.39, 0.29) is 10.9 Å². The summed E-state index contributed by atoms with van der Waals surface area (Å²) >= 11 is 3.40. The molecule has 1 fully saturated rings. The lowest BCUT2D eigenvalue weighted by molar-refractivity contribution is 0.548. The van der Waals surface area contributed by atoms with Gasteiger partial charge in [-0.1, -0.05) is 40.2 Å². The van der Waals surface area contributed by atoms with Crippen molar-refractivity contribution in [1.82, 2.24) is 4.72 Å². The fourth-order valence-corrected chi connectivity index (χ4v) is 3.79. The molecule has 4 nitrogen and oxygen atoms in total. The number of hydrogen-bond acceptors (Lipinski definition) is 3. The highest BCUT2D eigenvalue weighted by Crippen LogP contribution is 2.31. The second-order valence-electron chi connectivity index (χ2n) is 5.88. The molecular formula is C17H19BrN2O2S. The van der Waals surface area contributed by atoms with Gasteiger partial charge in [-0.3, -0.25) is 0 Å². The highest BCUT2D eigenvalue weighted by Gasteiger charge is 2.29. The molecular weight excluding hydrogens is 376 g/mol. The fourth-order valence-electron chi connectivity index (χ4n) is 2.45. The summed E-state index contributed by atoms with van der Waals surface area (Å²) in [5.74, 6) is 0.470. The molecule has 122 valence electrons. The molecule has 0 radical (unpaired) electrons. The molecule has 0 saturated heterocycles. The number of hydrogen-bond donors (Lipinski definition) is 2. The van der Waals surface area contributed by atoms with Crippen molar-refractivity contribution >= 4 is 26.0 Å². The third-order valence-corrected chi connectivity index (χ3v) is 6.05. The van der Waals surface area contributed by atoms with Crippen LogP contribution in [0.15, 0.2) is 57.9 Å². The van der Waals surface area contributed by atoms with Gasteiger partial charge in [-0.25, -0.2) is 13.1 Å². The van der Waals surface area contributed by atoms with E-state index in [4.69, 9.17) is 5.73 Å². The summed E-state index contributed by atoms with van der Waals surface area (Å²) in [6, 6.07) is 14.7. The standard InChI is InChI=1S/C17H19BrN2O2S/c18-15-7-3-12(4-8-15)13-5-9-16(10-6-13)23(21,22)20-11-17(19)14-1-2-14/h3-10,14,17,20H,1-2,11,19H2. The van der Waals surface area contributed by atoms with E-state index in [1.54, 1.807) is 12.1 Å². The van der Waals surface area contributed by atoms with E-state index in [1.165, 1.54) is 0 Å². The second-order valence-corrected chi connectivity index (χ2v) is 8.57. The van der Waals surface area contributed by atoms with E-state index in [2.05, 4.69) is 20.7 Å². The van der Waals surface area contributed by atoms with Gasteiger partial charge in [-0.15, -0.1) is 0 Å². The molecule has 2 aromatic rings. The van der Waals surface area contributed by atoms with Crippen molar-refractivity contribution < 1.29 is 8.42 Å². The molecule has 0 amide bonds. The van der Waals surface area contributed by atoms with Crippen LogP contribution in [-0.4, -0.2) is 21.0 Å². The minimum absolute atomic E-state index is 0.0909. The Labute approximate surface area is 145 Å². The topological polar surface area (TPSA) is 72.2 Å². The Kier molecular flexibility index (Phi) is 4.87. The molecule has 0 spiro atoms. The first-order valence-electron chi connectivity index (χ1n) is 7.57. The van der Waals surface area contributed by atoms with Crippen molar-refractivity contribution in [2.75, 3.05) is 6.54 Å². The summed E-state index contributed by atoms with van der Waals surface area (Å²) < 4.78 is 28.2. The second kappa shape index (κ2) is 6.73. The van der Waals surface area contributed by atoms with Crippen LogP contribution in [0.5, 0.6) is 0 Å². The maximum absolute atomic E-state index is 12.3. The minimum Gasteiger partial charge on any atom is -0.326 e. The Morgan fingerprint density at radius 1 is 1.04 bits per heavy atom. The highest BCUT2D eigenvalue weighted by atomic mass is 79.9. The number of sulfonamides is 1. The van der Waals surface area contributed by atoms with Crippen LogP contribution in [-0.2, 0) is 10.0 Å². The van der Waals surface area contributed by atoms with Gasteiger partial charge in [0.2, 0.25) is 10.0 Å². The summed E-state index contributed by atoms with van der Waals surface area (Å²) in [6.45, 7) is 0.293. The van der Waals surface area contributed by atoms with Gasteiger partial charge in [0.15, 0.2) is 0 Å². The molecule has 1 saturated carbocycles. The Hall–Kier alpha value is -1.21. The predicted octanol–water partition coefficient (Wildman–Crippen LogP) is 3.13. The van der Waals surface area contributed by atoms with Crippen molar-refractivity contribution in [2.24, 2.45) is 11.7 Å². The van der Waals surface area contributed by atoms with Gasteiger partial charge in [-0.05, 0) is 54.2 Å². The lowest BCUT2D eigenvalue weighted by atomic mass is 10.1. The van der Waals surface area contributed by atoms with Gasteiger partial charge in [0.1, 0.15) is 0 Å². The highest BCUT2D eigenvalue weighted by molar-refractivity contribution is 9.10. The monoisotopic (exact) mass is 394 g/mol. The summed E-state index contributed by atoms with van der Waals surface area (Å²) in [5.41, 5.74) is 7.97. The number of rotatable bonds is 6. The molecule has 0 heterocycles. The zero-order valence-electron chi connectivity index (χ0n) is 12.6. The van der Waals surface area contributed by atoms with E-state index in [9.17, 15) is 8.42 Å².